The first-order chi connectivity index (χ1) is 14.4. The highest BCUT2D eigenvalue weighted by atomic mass is 16.5. The third kappa shape index (κ3) is 3.95. The molecule has 1 unspecified atom stereocenters. The highest BCUT2D eigenvalue weighted by Gasteiger charge is 2.37. The third-order valence-corrected chi connectivity index (χ3v) is 5.11. The minimum absolute atomic E-state index is 0.129. The highest BCUT2D eigenvalue weighted by Crippen LogP contribution is 2.26. The molecule has 0 spiro atoms. The van der Waals surface area contributed by atoms with Gasteiger partial charge in [0.15, 0.2) is 0 Å². The molecule has 2 heterocycles. The number of anilines is 2. The summed E-state index contributed by atoms with van der Waals surface area (Å²) < 4.78 is 5.53. The van der Waals surface area contributed by atoms with Crippen LogP contribution in [0.25, 0.3) is 0 Å². The van der Waals surface area contributed by atoms with Crippen molar-refractivity contribution in [2.75, 3.05) is 23.8 Å². The summed E-state index contributed by atoms with van der Waals surface area (Å²) in [6, 6.07) is 11.2. The van der Waals surface area contributed by atoms with Crippen molar-refractivity contribution in [1.82, 2.24) is 4.90 Å². The van der Waals surface area contributed by atoms with E-state index in [9.17, 15) is 19.2 Å². The van der Waals surface area contributed by atoms with Gasteiger partial charge < -0.3 is 15.4 Å². The first kappa shape index (κ1) is 19.8. The number of nitrogens with zero attached hydrogens (tertiary/aromatic N) is 1. The summed E-state index contributed by atoms with van der Waals surface area (Å²) in [6.45, 7) is 2.29. The van der Waals surface area contributed by atoms with Gasteiger partial charge >= 0.3 is 0 Å². The second-order valence-corrected chi connectivity index (χ2v) is 7.33. The SMILES string of the molecule is CC(=O)Nc1ccc(NC(=O)c2ccc3c(c2)C(=O)N(CC2CCCO2)C3=O)cc1. The highest BCUT2D eigenvalue weighted by molar-refractivity contribution is 6.22. The van der Waals surface area contributed by atoms with E-state index in [4.69, 9.17) is 4.74 Å². The molecule has 4 amide bonds. The van der Waals surface area contributed by atoms with Gasteiger partial charge in [-0.3, -0.25) is 24.1 Å². The Kier molecular flexibility index (Phi) is 5.33. The number of benzene rings is 2. The Labute approximate surface area is 173 Å². The predicted molar refractivity (Wildman–Crippen MR) is 109 cm³/mol. The topological polar surface area (TPSA) is 105 Å². The molecule has 0 bridgehead atoms. The predicted octanol–water partition coefficient (Wildman–Crippen LogP) is 2.67. The molecule has 1 fully saturated rings. The number of fused-ring (bicyclic) bond motifs is 1. The van der Waals surface area contributed by atoms with Crippen LogP contribution in [0.3, 0.4) is 0 Å². The lowest BCUT2D eigenvalue weighted by Crippen LogP contribution is -2.36. The van der Waals surface area contributed by atoms with Gasteiger partial charge in [0.2, 0.25) is 5.91 Å². The van der Waals surface area contributed by atoms with Crippen molar-refractivity contribution in [2.45, 2.75) is 25.9 Å². The molecule has 1 saturated heterocycles. The molecular formula is C22H21N3O5. The largest absolute Gasteiger partial charge is 0.376 e. The van der Waals surface area contributed by atoms with Crippen molar-refractivity contribution < 1.29 is 23.9 Å². The molecule has 0 aliphatic carbocycles. The first-order valence-electron chi connectivity index (χ1n) is 9.73. The van der Waals surface area contributed by atoms with Crippen molar-refractivity contribution in [3.8, 4) is 0 Å². The van der Waals surface area contributed by atoms with Crippen LogP contribution in [0.4, 0.5) is 11.4 Å². The van der Waals surface area contributed by atoms with Gasteiger partial charge in [0.25, 0.3) is 17.7 Å². The van der Waals surface area contributed by atoms with Gasteiger partial charge in [-0.25, -0.2) is 0 Å². The fraction of sp³-hybridized carbons (Fsp3) is 0.273. The van der Waals surface area contributed by atoms with E-state index in [-0.39, 0.29) is 35.6 Å². The lowest BCUT2D eigenvalue weighted by atomic mass is 10.1. The minimum atomic E-state index is -0.403. The monoisotopic (exact) mass is 407 g/mol. The van der Waals surface area contributed by atoms with Gasteiger partial charge in [0, 0.05) is 30.5 Å². The molecule has 0 radical (unpaired) electrons. The number of imide groups is 1. The molecular weight excluding hydrogens is 386 g/mol. The molecule has 2 aromatic carbocycles. The number of hydrogen-bond donors (Lipinski definition) is 2. The van der Waals surface area contributed by atoms with Crippen LogP contribution in [0.2, 0.25) is 0 Å². The normalized spacial score (nSPS) is 17.8. The zero-order valence-electron chi connectivity index (χ0n) is 16.4. The van der Waals surface area contributed by atoms with Gasteiger partial charge in [-0.15, -0.1) is 0 Å². The quantitative estimate of drug-likeness (QED) is 0.742. The number of carbonyl (C=O) groups excluding carboxylic acids is 4. The number of carbonyl (C=O) groups is 4. The molecule has 8 heteroatoms. The molecule has 154 valence electrons. The summed E-state index contributed by atoms with van der Waals surface area (Å²) in [5.41, 5.74) is 1.96. The van der Waals surface area contributed by atoms with E-state index in [0.717, 1.165) is 12.8 Å². The van der Waals surface area contributed by atoms with Crippen molar-refractivity contribution in [3.05, 3.63) is 59.2 Å². The van der Waals surface area contributed by atoms with E-state index < -0.39 is 11.8 Å². The van der Waals surface area contributed by atoms with Gasteiger partial charge in [0.05, 0.1) is 23.8 Å². The van der Waals surface area contributed by atoms with Gasteiger partial charge in [0.1, 0.15) is 0 Å². The fourth-order valence-corrected chi connectivity index (χ4v) is 3.63. The smallest absolute Gasteiger partial charge is 0.261 e. The maximum atomic E-state index is 12.7. The molecule has 0 saturated carbocycles. The van der Waals surface area contributed by atoms with Crippen LogP contribution in [0, 0.1) is 0 Å². The van der Waals surface area contributed by atoms with Crippen molar-refractivity contribution in [3.63, 3.8) is 0 Å². The average molecular weight is 407 g/mol. The van der Waals surface area contributed by atoms with E-state index >= 15 is 0 Å². The summed E-state index contributed by atoms with van der Waals surface area (Å²) in [5.74, 6) is -1.34. The maximum Gasteiger partial charge on any atom is 0.261 e. The van der Waals surface area contributed by atoms with Gasteiger partial charge in [-0.1, -0.05) is 0 Å². The summed E-state index contributed by atoms with van der Waals surface area (Å²) >= 11 is 0. The Morgan fingerprint density at radius 2 is 1.67 bits per heavy atom. The first-order valence-corrected chi connectivity index (χ1v) is 9.73. The third-order valence-electron chi connectivity index (χ3n) is 5.11. The number of rotatable bonds is 5. The zero-order valence-corrected chi connectivity index (χ0v) is 16.4. The van der Waals surface area contributed by atoms with Crippen LogP contribution in [-0.2, 0) is 9.53 Å². The van der Waals surface area contributed by atoms with Crippen LogP contribution in [-0.4, -0.2) is 47.8 Å². The van der Waals surface area contributed by atoms with Crippen LogP contribution in [0.5, 0.6) is 0 Å². The van der Waals surface area contributed by atoms with Gasteiger partial charge in [-0.2, -0.15) is 0 Å². The van der Waals surface area contributed by atoms with Crippen LogP contribution < -0.4 is 10.6 Å². The van der Waals surface area contributed by atoms with E-state index in [0.29, 0.717) is 23.5 Å². The zero-order chi connectivity index (χ0) is 21.3. The Morgan fingerprint density at radius 1 is 1.00 bits per heavy atom. The van der Waals surface area contributed by atoms with E-state index in [2.05, 4.69) is 10.6 Å². The Balaban J connectivity index is 1.47. The lowest BCUT2D eigenvalue weighted by molar-refractivity contribution is -0.114. The molecule has 1 atom stereocenters. The van der Waals surface area contributed by atoms with Crippen molar-refractivity contribution in [2.24, 2.45) is 0 Å². The second-order valence-electron chi connectivity index (χ2n) is 7.33. The summed E-state index contributed by atoms with van der Waals surface area (Å²) in [5, 5.41) is 5.39. The summed E-state index contributed by atoms with van der Waals surface area (Å²) in [6.07, 6.45) is 1.61. The molecule has 2 aliphatic heterocycles. The number of amides is 4. The fourth-order valence-electron chi connectivity index (χ4n) is 3.63. The van der Waals surface area contributed by atoms with E-state index in [1.165, 1.54) is 30.0 Å². The molecule has 8 nitrogen and oxygen atoms in total. The summed E-state index contributed by atoms with van der Waals surface area (Å²) in [7, 11) is 0. The van der Waals surface area contributed by atoms with E-state index in [1.807, 2.05) is 0 Å². The Hall–Kier alpha value is -3.52. The Bertz CT molecular complexity index is 1030. The lowest BCUT2D eigenvalue weighted by Gasteiger charge is -2.17. The van der Waals surface area contributed by atoms with Crippen molar-refractivity contribution >= 4 is 35.0 Å². The number of hydrogen-bond acceptors (Lipinski definition) is 5. The van der Waals surface area contributed by atoms with Crippen molar-refractivity contribution in [1.29, 1.82) is 0 Å². The maximum absolute atomic E-state index is 12.7. The molecule has 2 N–H and O–H groups in total. The second kappa shape index (κ2) is 8.08. The number of nitrogens with one attached hydrogen (secondary N) is 2. The van der Waals surface area contributed by atoms with Crippen LogP contribution >= 0.6 is 0 Å². The molecule has 4 rings (SSSR count). The van der Waals surface area contributed by atoms with E-state index in [1.54, 1.807) is 24.3 Å². The number of ether oxygens (including phenoxy) is 1. The molecule has 2 aromatic rings. The molecule has 2 aliphatic rings. The standard InChI is InChI=1S/C22H21N3O5/c1-13(26)23-15-5-7-16(8-6-15)24-20(27)14-4-9-18-19(11-14)22(29)25(21(18)28)12-17-3-2-10-30-17/h4-9,11,17H,2-3,10,12H2,1H3,(H,23,26)(H,24,27). The molecule has 0 aromatic heterocycles. The van der Waals surface area contributed by atoms with Gasteiger partial charge in [-0.05, 0) is 55.3 Å². The minimum Gasteiger partial charge on any atom is -0.376 e. The average Bonchev–Trinajstić information content (AvgIpc) is 3.32. The Morgan fingerprint density at radius 3 is 2.30 bits per heavy atom. The summed E-state index contributed by atoms with van der Waals surface area (Å²) in [4.78, 5) is 50.2. The van der Waals surface area contributed by atoms with Crippen LogP contribution in [0.1, 0.15) is 50.8 Å². The molecule has 30 heavy (non-hydrogen) atoms. The van der Waals surface area contributed by atoms with Crippen LogP contribution in [0.15, 0.2) is 42.5 Å².